The summed E-state index contributed by atoms with van der Waals surface area (Å²) in [7, 11) is 0. The number of aldehydes is 1. The number of aliphatic hydroxyl groups excluding tert-OH is 3. The molecule has 3 saturated heterocycles. The van der Waals surface area contributed by atoms with Gasteiger partial charge in [0.2, 0.25) is 0 Å². The van der Waals surface area contributed by atoms with Crippen LogP contribution in [0.1, 0.15) is 87.0 Å². The van der Waals surface area contributed by atoms with Gasteiger partial charge >= 0.3 is 5.97 Å². The smallest absolute Gasteiger partial charge is 0.308 e. The molecular weight excluding hydrogens is 626 g/mol. The maximum Gasteiger partial charge on any atom is 0.308 e. The molecule has 4 rings (SSSR count). The number of ether oxygens (including phenoxy) is 6. The van der Waals surface area contributed by atoms with Gasteiger partial charge in [0.05, 0.1) is 49.1 Å². The number of carbonyl (C=O) groups is 3. The molecule has 0 amide bonds. The van der Waals surface area contributed by atoms with Crippen LogP contribution >= 0.6 is 0 Å². The monoisotopic (exact) mass is 683 g/mol. The lowest BCUT2D eigenvalue weighted by molar-refractivity contribution is -0.321. The number of hydrogen-bond donors (Lipinski definition) is 4. The first-order chi connectivity index (χ1) is 22.6. The SMILES string of the molecule is CCC1OC(=O)CC(O)C(C)C(OC2O[C@H](C)[C@@H](O[C@H]3CC[C@@H](O)[C@H](C)O3)[C@H](N)[C@H]2O)C(CC=O)CC(C)C(=O)/C=C/C2(C)OC2C1C. The van der Waals surface area contributed by atoms with Crippen molar-refractivity contribution in [2.45, 2.75) is 166 Å². The molecule has 48 heavy (non-hydrogen) atoms. The molecule has 13 heteroatoms. The molecule has 0 aromatic heterocycles. The first-order valence-electron chi connectivity index (χ1n) is 17.6. The third-order valence-electron chi connectivity index (χ3n) is 10.8. The third kappa shape index (κ3) is 9.10. The molecular formula is C35H57NO12. The summed E-state index contributed by atoms with van der Waals surface area (Å²) in [6.07, 6.45) is -3.24. The Morgan fingerprint density at radius 1 is 0.979 bits per heavy atom. The topological polar surface area (TPSA) is 197 Å². The quantitative estimate of drug-likeness (QED) is 0.173. The highest BCUT2D eigenvalue weighted by atomic mass is 16.7. The fraction of sp³-hybridized carbons (Fsp3) is 0.857. The van der Waals surface area contributed by atoms with Gasteiger partial charge in [-0.2, -0.15) is 0 Å². The van der Waals surface area contributed by atoms with Crippen LogP contribution in [-0.4, -0.2) is 113 Å². The third-order valence-corrected chi connectivity index (χ3v) is 10.8. The molecule has 0 bridgehead atoms. The van der Waals surface area contributed by atoms with Gasteiger partial charge in [0.1, 0.15) is 30.2 Å². The number of rotatable bonds is 7. The normalized spacial score (nSPS) is 48.6. The van der Waals surface area contributed by atoms with E-state index < -0.39 is 96.8 Å². The molecule has 4 heterocycles. The van der Waals surface area contributed by atoms with Gasteiger partial charge in [-0.15, -0.1) is 0 Å². The molecule has 5 N–H and O–H groups in total. The van der Waals surface area contributed by atoms with Gasteiger partial charge in [-0.1, -0.05) is 27.7 Å². The highest BCUT2D eigenvalue weighted by Crippen LogP contribution is 2.45. The van der Waals surface area contributed by atoms with Crippen molar-refractivity contribution in [3.05, 3.63) is 12.2 Å². The van der Waals surface area contributed by atoms with Crippen LogP contribution in [-0.2, 0) is 42.8 Å². The predicted molar refractivity (Wildman–Crippen MR) is 172 cm³/mol. The van der Waals surface area contributed by atoms with Crippen LogP contribution in [0.2, 0.25) is 0 Å². The van der Waals surface area contributed by atoms with Crippen molar-refractivity contribution < 1.29 is 58.1 Å². The van der Waals surface area contributed by atoms with Crippen LogP contribution in [0.25, 0.3) is 0 Å². The Bertz CT molecular complexity index is 1140. The van der Waals surface area contributed by atoms with E-state index in [0.29, 0.717) is 19.3 Å². The Kier molecular flexibility index (Phi) is 13.4. The number of hydrogen-bond acceptors (Lipinski definition) is 13. The summed E-state index contributed by atoms with van der Waals surface area (Å²) in [5, 5.41) is 32.7. The molecule has 10 unspecified atom stereocenters. The second kappa shape index (κ2) is 16.5. The molecule has 0 aliphatic carbocycles. The molecule has 0 saturated carbocycles. The van der Waals surface area contributed by atoms with E-state index in [-0.39, 0.29) is 37.1 Å². The van der Waals surface area contributed by atoms with Crippen molar-refractivity contribution in [3.63, 3.8) is 0 Å². The lowest BCUT2D eigenvalue weighted by Crippen LogP contribution is -2.63. The highest BCUT2D eigenvalue weighted by molar-refractivity contribution is 5.91. The summed E-state index contributed by atoms with van der Waals surface area (Å²) in [6.45, 7) is 12.7. The summed E-state index contributed by atoms with van der Waals surface area (Å²) >= 11 is 0. The Balaban J connectivity index is 1.57. The van der Waals surface area contributed by atoms with Crippen LogP contribution in [0.3, 0.4) is 0 Å². The van der Waals surface area contributed by atoms with E-state index in [9.17, 15) is 29.7 Å². The van der Waals surface area contributed by atoms with Crippen molar-refractivity contribution in [1.29, 1.82) is 0 Å². The molecule has 0 radical (unpaired) electrons. The number of aliphatic hydroxyl groups is 3. The highest BCUT2D eigenvalue weighted by Gasteiger charge is 2.55. The number of nitrogens with two attached hydrogens (primary N) is 1. The van der Waals surface area contributed by atoms with Gasteiger partial charge in [0.25, 0.3) is 0 Å². The van der Waals surface area contributed by atoms with E-state index in [4.69, 9.17) is 34.2 Å². The largest absolute Gasteiger partial charge is 0.462 e. The molecule has 0 spiro atoms. The van der Waals surface area contributed by atoms with E-state index in [1.54, 1.807) is 33.8 Å². The van der Waals surface area contributed by atoms with Crippen LogP contribution in [0.4, 0.5) is 0 Å². The summed E-state index contributed by atoms with van der Waals surface area (Å²) in [5.74, 6) is -2.74. The fourth-order valence-corrected chi connectivity index (χ4v) is 7.43. The van der Waals surface area contributed by atoms with Crippen LogP contribution in [0, 0.1) is 23.7 Å². The van der Waals surface area contributed by atoms with Gasteiger partial charge < -0.3 is 54.3 Å². The lowest BCUT2D eigenvalue weighted by Gasteiger charge is -2.46. The number of cyclic esters (lactones) is 1. The summed E-state index contributed by atoms with van der Waals surface area (Å²) in [4.78, 5) is 38.4. The van der Waals surface area contributed by atoms with Gasteiger partial charge in [-0.05, 0) is 58.1 Å². The first kappa shape index (κ1) is 39.0. The lowest BCUT2D eigenvalue weighted by atomic mass is 9.79. The van der Waals surface area contributed by atoms with Crippen LogP contribution in [0.15, 0.2) is 12.2 Å². The number of allylic oxidation sites excluding steroid dienone is 1. The van der Waals surface area contributed by atoms with Crippen molar-refractivity contribution in [2.24, 2.45) is 29.4 Å². The van der Waals surface area contributed by atoms with E-state index >= 15 is 0 Å². The Labute approximate surface area is 283 Å². The fourth-order valence-electron chi connectivity index (χ4n) is 7.43. The van der Waals surface area contributed by atoms with Gasteiger partial charge in [0.15, 0.2) is 18.4 Å². The average Bonchev–Trinajstić information content (AvgIpc) is 3.73. The van der Waals surface area contributed by atoms with Crippen molar-refractivity contribution in [3.8, 4) is 0 Å². The molecule has 17 atom stereocenters. The molecule has 274 valence electrons. The Hall–Kier alpha value is -1.81. The van der Waals surface area contributed by atoms with Gasteiger partial charge in [-0.3, -0.25) is 9.59 Å². The summed E-state index contributed by atoms with van der Waals surface area (Å²) < 4.78 is 36.2. The molecule has 4 aliphatic rings. The minimum atomic E-state index is -1.37. The van der Waals surface area contributed by atoms with Crippen molar-refractivity contribution in [2.75, 3.05) is 0 Å². The maximum atomic E-state index is 13.3. The summed E-state index contributed by atoms with van der Waals surface area (Å²) in [5.41, 5.74) is 5.82. The summed E-state index contributed by atoms with van der Waals surface area (Å²) in [6, 6.07) is -0.955. The van der Waals surface area contributed by atoms with Gasteiger partial charge in [-0.25, -0.2) is 0 Å². The predicted octanol–water partition coefficient (Wildman–Crippen LogP) is 1.95. The second-order valence-corrected chi connectivity index (χ2v) is 14.6. The average molecular weight is 684 g/mol. The number of epoxide rings is 1. The van der Waals surface area contributed by atoms with Gasteiger partial charge in [0, 0.05) is 30.6 Å². The number of esters is 1. The zero-order chi connectivity index (χ0) is 35.5. The van der Waals surface area contributed by atoms with E-state index in [0.717, 1.165) is 6.29 Å². The Morgan fingerprint density at radius 3 is 2.33 bits per heavy atom. The molecule has 3 fully saturated rings. The minimum absolute atomic E-state index is 0.00888. The Morgan fingerprint density at radius 2 is 1.69 bits per heavy atom. The zero-order valence-electron chi connectivity index (χ0n) is 29.3. The standard InChI is InChI=1S/C35H57NO12/c1-8-26-19(4)33-35(7,48-33)13-11-23(38)17(2)15-22(12-14-37)31(18(3)25(40)16-27(41)45-26)47-34-30(42)29(36)32(21(6)44-34)46-28-10-9-24(39)20(5)43-28/h11,13-14,17-22,24-26,28-34,39-40,42H,8-10,12,15-16,36H2,1-7H3/b13-11+/t17?,18?,19?,20-,21+,22?,24+,25?,26?,28-,29+,30+,31?,32+,33?,34?,35?/m0/s1. The number of ketones is 1. The minimum Gasteiger partial charge on any atom is -0.462 e. The zero-order valence-corrected chi connectivity index (χ0v) is 29.3. The molecule has 0 aromatic rings. The number of fused-ring (bicyclic) bond motifs is 1. The first-order valence-corrected chi connectivity index (χ1v) is 17.6. The molecule has 0 aromatic carbocycles. The van der Waals surface area contributed by atoms with Crippen molar-refractivity contribution in [1.82, 2.24) is 0 Å². The van der Waals surface area contributed by atoms with Crippen molar-refractivity contribution >= 4 is 18.0 Å². The maximum absolute atomic E-state index is 13.3. The van der Waals surface area contributed by atoms with Crippen LogP contribution < -0.4 is 5.73 Å². The molecule has 13 nitrogen and oxygen atoms in total. The van der Waals surface area contributed by atoms with E-state index in [1.807, 2.05) is 20.8 Å². The second-order valence-electron chi connectivity index (χ2n) is 14.6. The van der Waals surface area contributed by atoms with Crippen LogP contribution in [0.5, 0.6) is 0 Å². The molecule has 4 aliphatic heterocycles. The van der Waals surface area contributed by atoms with E-state index in [2.05, 4.69) is 0 Å². The van der Waals surface area contributed by atoms with E-state index in [1.165, 1.54) is 6.08 Å². The number of carbonyl (C=O) groups excluding carboxylic acids is 3.